The number of hydrogen-bond acceptors (Lipinski definition) is 4. The molecular formula is C17H16N2O3. The summed E-state index contributed by atoms with van der Waals surface area (Å²) < 4.78 is 10.7. The lowest BCUT2D eigenvalue weighted by Crippen LogP contribution is -2.20. The molecule has 5 nitrogen and oxygen atoms in total. The Kier molecular flexibility index (Phi) is 5.38. The van der Waals surface area contributed by atoms with Gasteiger partial charge in [-0.25, -0.2) is 0 Å². The van der Waals surface area contributed by atoms with E-state index in [0.29, 0.717) is 23.6 Å². The third-order valence-corrected chi connectivity index (χ3v) is 2.80. The summed E-state index contributed by atoms with van der Waals surface area (Å²) in [5, 5.41) is 11.4. The van der Waals surface area contributed by atoms with Crippen molar-refractivity contribution in [2.75, 3.05) is 18.5 Å². The molecule has 1 amide bonds. The Hall–Kier alpha value is -3.00. The maximum absolute atomic E-state index is 11.8. The fourth-order valence-corrected chi connectivity index (χ4v) is 1.77. The molecule has 1 N–H and O–H groups in total. The quantitative estimate of drug-likeness (QED) is 0.889. The van der Waals surface area contributed by atoms with Crippen molar-refractivity contribution in [3.8, 4) is 17.6 Å². The maximum Gasteiger partial charge on any atom is 0.262 e. The molecule has 0 aliphatic rings. The Morgan fingerprint density at radius 2 is 1.64 bits per heavy atom. The van der Waals surface area contributed by atoms with Crippen molar-refractivity contribution < 1.29 is 14.3 Å². The number of ether oxygens (including phenoxy) is 2. The van der Waals surface area contributed by atoms with E-state index >= 15 is 0 Å². The number of nitrogens with zero attached hydrogens (tertiary/aromatic N) is 1. The van der Waals surface area contributed by atoms with Crippen molar-refractivity contribution in [3.05, 3.63) is 54.1 Å². The van der Waals surface area contributed by atoms with Crippen LogP contribution in [-0.2, 0) is 4.79 Å². The van der Waals surface area contributed by atoms with Crippen LogP contribution in [0.15, 0.2) is 48.5 Å². The first-order chi connectivity index (χ1) is 10.7. The molecule has 0 spiro atoms. The topological polar surface area (TPSA) is 71.3 Å². The summed E-state index contributed by atoms with van der Waals surface area (Å²) >= 11 is 0. The minimum Gasteiger partial charge on any atom is -0.494 e. The first-order valence-corrected chi connectivity index (χ1v) is 6.87. The van der Waals surface area contributed by atoms with Crippen LogP contribution >= 0.6 is 0 Å². The minimum absolute atomic E-state index is 0.0893. The van der Waals surface area contributed by atoms with Gasteiger partial charge in [0, 0.05) is 5.69 Å². The molecule has 2 rings (SSSR count). The maximum atomic E-state index is 11.8. The molecule has 0 radical (unpaired) electrons. The number of anilines is 1. The summed E-state index contributed by atoms with van der Waals surface area (Å²) in [7, 11) is 0. The van der Waals surface area contributed by atoms with Gasteiger partial charge in [-0.2, -0.15) is 5.26 Å². The van der Waals surface area contributed by atoms with Crippen LogP contribution in [-0.4, -0.2) is 19.1 Å². The van der Waals surface area contributed by atoms with Crippen molar-refractivity contribution in [1.82, 2.24) is 0 Å². The number of carbonyl (C=O) groups is 1. The third-order valence-electron chi connectivity index (χ3n) is 2.80. The summed E-state index contributed by atoms with van der Waals surface area (Å²) in [4.78, 5) is 11.8. The van der Waals surface area contributed by atoms with Crippen LogP contribution in [0.3, 0.4) is 0 Å². The molecule has 112 valence electrons. The second-order valence-electron chi connectivity index (χ2n) is 4.43. The van der Waals surface area contributed by atoms with E-state index in [1.54, 1.807) is 48.5 Å². The lowest BCUT2D eigenvalue weighted by molar-refractivity contribution is -0.118. The molecule has 0 saturated carbocycles. The molecule has 22 heavy (non-hydrogen) atoms. The highest BCUT2D eigenvalue weighted by Gasteiger charge is 2.04. The Bertz CT molecular complexity index is 658. The number of rotatable bonds is 6. The van der Waals surface area contributed by atoms with Crippen LogP contribution in [0.4, 0.5) is 5.69 Å². The fourth-order valence-electron chi connectivity index (χ4n) is 1.77. The van der Waals surface area contributed by atoms with Gasteiger partial charge in [-0.1, -0.05) is 0 Å². The Labute approximate surface area is 129 Å². The molecular weight excluding hydrogens is 280 g/mol. The minimum atomic E-state index is -0.265. The third kappa shape index (κ3) is 4.53. The number of amides is 1. The standard InChI is InChI=1S/C17H16N2O3/c1-2-21-15-7-9-16(10-8-15)22-12-17(20)19-14-5-3-13(11-18)4-6-14/h3-10H,2,12H2,1H3,(H,19,20). The van der Waals surface area contributed by atoms with Crippen molar-refractivity contribution in [2.24, 2.45) is 0 Å². The van der Waals surface area contributed by atoms with Gasteiger partial charge >= 0.3 is 0 Å². The number of benzene rings is 2. The van der Waals surface area contributed by atoms with E-state index in [1.807, 2.05) is 13.0 Å². The average Bonchev–Trinajstić information content (AvgIpc) is 2.55. The molecule has 0 aromatic heterocycles. The summed E-state index contributed by atoms with van der Waals surface area (Å²) in [6, 6.07) is 15.7. The molecule has 0 fully saturated rings. The molecule has 0 unspecified atom stereocenters. The number of hydrogen-bond donors (Lipinski definition) is 1. The fraction of sp³-hybridized carbons (Fsp3) is 0.176. The zero-order valence-corrected chi connectivity index (χ0v) is 12.2. The number of carbonyl (C=O) groups excluding carboxylic acids is 1. The zero-order valence-electron chi connectivity index (χ0n) is 12.2. The van der Waals surface area contributed by atoms with Gasteiger partial charge in [0.25, 0.3) is 5.91 Å². The summed E-state index contributed by atoms with van der Waals surface area (Å²) in [5.41, 5.74) is 1.17. The van der Waals surface area contributed by atoms with Gasteiger partial charge in [0.1, 0.15) is 11.5 Å². The van der Waals surface area contributed by atoms with E-state index in [4.69, 9.17) is 14.7 Å². The highest BCUT2D eigenvalue weighted by molar-refractivity contribution is 5.91. The lowest BCUT2D eigenvalue weighted by atomic mass is 10.2. The molecule has 0 aliphatic heterocycles. The van der Waals surface area contributed by atoms with Gasteiger partial charge in [-0.05, 0) is 55.5 Å². The van der Waals surface area contributed by atoms with E-state index < -0.39 is 0 Å². The molecule has 5 heteroatoms. The zero-order chi connectivity index (χ0) is 15.8. The van der Waals surface area contributed by atoms with E-state index in [9.17, 15) is 4.79 Å². The smallest absolute Gasteiger partial charge is 0.262 e. The van der Waals surface area contributed by atoms with Gasteiger partial charge in [-0.3, -0.25) is 4.79 Å². The number of nitrogens with one attached hydrogen (secondary N) is 1. The van der Waals surface area contributed by atoms with E-state index in [1.165, 1.54) is 0 Å². The first kappa shape index (κ1) is 15.4. The van der Waals surface area contributed by atoms with E-state index in [-0.39, 0.29) is 12.5 Å². The monoisotopic (exact) mass is 296 g/mol. The second-order valence-corrected chi connectivity index (χ2v) is 4.43. The van der Waals surface area contributed by atoms with Crippen molar-refractivity contribution in [3.63, 3.8) is 0 Å². The van der Waals surface area contributed by atoms with Crippen LogP contribution in [0.2, 0.25) is 0 Å². The molecule has 0 atom stereocenters. The molecule has 0 aliphatic carbocycles. The van der Waals surface area contributed by atoms with Crippen LogP contribution in [0.25, 0.3) is 0 Å². The van der Waals surface area contributed by atoms with E-state index in [0.717, 1.165) is 5.75 Å². The summed E-state index contributed by atoms with van der Waals surface area (Å²) in [6.45, 7) is 2.43. The van der Waals surface area contributed by atoms with Gasteiger partial charge in [0.15, 0.2) is 6.61 Å². The van der Waals surface area contributed by atoms with Gasteiger partial charge < -0.3 is 14.8 Å². The predicted octanol–water partition coefficient (Wildman–Crippen LogP) is 2.97. The predicted molar refractivity (Wildman–Crippen MR) is 82.9 cm³/mol. The van der Waals surface area contributed by atoms with Crippen LogP contribution < -0.4 is 14.8 Å². The Morgan fingerprint density at radius 3 is 2.18 bits per heavy atom. The van der Waals surface area contributed by atoms with E-state index in [2.05, 4.69) is 5.32 Å². The van der Waals surface area contributed by atoms with Crippen molar-refractivity contribution in [2.45, 2.75) is 6.92 Å². The Morgan fingerprint density at radius 1 is 1.05 bits per heavy atom. The van der Waals surface area contributed by atoms with Crippen LogP contribution in [0.5, 0.6) is 11.5 Å². The molecule has 0 bridgehead atoms. The lowest BCUT2D eigenvalue weighted by Gasteiger charge is -2.08. The highest BCUT2D eigenvalue weighted by Crippen LogP contribution is 2.17. The summed E-state index contributed by atoms with van der Waals surface area (Å²) in [5.74, 6) is 1.09. The average molecular weight is 296 g/mol. The number of nitriles is 1. The largest absolute Gasteiger partial charge is 0.494 e. The highest BCUT2D eigenvalue weighted by atomic mass is 16.5. The SMILES string of the molecule is CCOc1ccc(OCC(=O)Nc2ccc(C#N)cc2)cc1. The first-order valence-electron chi connectivity index (χ1n) is 6.87. The van der Waals surface area contributed by atoms with Crippen LogP contribution in [0, 0.1) is 11.3 Å². The van der Waals surface area contributed by atoms with Gasteiger partial charge in [-0.15, -0.1) is 0 Å². The molecule has 0 heterocycles. The molecule has 2 aromatic rings. The van der Waals surface area contributed by atoms with Gasteiger partial charge in [0.05, 0.1) is 18.2 Å². The summed E-state index contributed by atoms with van der Waals surface area (Å²) in [6.07, 6.45) is 0. The second kappa shape index (κ2) is 7.70. The van der Waals surface area contributed by atoms with Crippen LogP contribution in [0.1, 0.15) is 12.5 Å². The van der Waals surface area contributed by atoms with Crippen molar-refractivity contribution >= 4 is 11.6 Å². The Balaban J connectivity index is 1.83. The molecule has 2 aromatic carbocycles. The van der Waals surface area contributed by atoms with Gasteiger partial charge in [0.2, 0.25) is 0 Å². The normalized spacial score (nSPS) is 9.64. The van der Waals surface area contributed by atoms with Crippen molar-refractivity contribution in [1.29, 1.82) is 5.26 Å². The molecule has 0 saturated heterocycles.